The lowest BCUT2D eigenvalue weighted by Gasteiger charge is -2.09. The molecule has 0 saturated carbocycles. The Morgan fingerprint density at radius 3 is 2.33 bits per heavy atom. The van der Waals surface area contributed by atoms with E-state index in [4.69, 9.17) is 4.74 Å². The number of rotatable bonds is 6. The van der Waals surface area contributed by atoms with Gasteiger partial charge in [-0.15, -0.1) is 0 Å². The first-order valence-electron chi connectivity index (χ1n) is 4.80. The van der Waals surface area contributed by atoms with E-state index in [0.717, 1.165) is 0 Å². The maximum Gasteiger partial charge on any atom is 0.313 e. The van der Waals surface area contributed by atoms with Crippen molar-refractivity contribution in [2.24, 2.45) is 0 Å². The first-order chi connectivity index (χ1) is 6.95. The summed E-state index contributed by atoms with van der Waals surface area (Å²) in [6.07, 6.45) is 0.153. The average Bonchev–Trinajstić information content (AvgIpc) is 2.14. The molecule has 0 aromatic carbocycles. The Kier molecular flexibility index (Phi) is 6.33. The molecule has 1 unspecified atom stereocenters. The molecule has 0 saturated heterocycles. The summed E-state index contributed by atoms with van der Waals surface area (Å²) in [6, 6.07) is 0. The zero-order chi connectivity index (χ0) is 11.8. The molecular formula is C10H16O5. The lowest BCUT2D eigenvalue weighted by molar-refractivity contribution is -0.153. The summed E-state index contributed by atoms with van der Waals surface area (Å²) in [5, 5.41) is 0. The molecule has 0 aromatic heterocycles. The van der Waals surface area contributed by atoms with Crippen LogP contribution in [0.4, 0.5) is 0 Å². The molecule has 0 heterocycles. The molecule has 0 amide bonds. The monoisotopic (exact) mass is 216 g/mol. The molecular weight excluding hydrogens is 200 g/mol. The SMILES string of the molecule is CCC(C)OC(=O)CC(=O)COC(C)=O. The van der Waals surface area contributed by atoms with Crippen LogP contribution in [-0.2, 0) is 23.9 Å². The van der Waals surface area contributed by atoms with E-state index in [1.165, 1.54) is 6.92 Å². The molecule has 15 heavy (non-hydrogen) atoms. The van der Waals surface area contributed by atoms with Gasteiger partial charge in [0.15, 0.2) is 12.4 Å². The van der Waals surface area contributed by atoms with Crippen molar-refractivity contribution in [3.63, 3.8) is 0 Å². The van der Waals surface area contributed by atoms with Gasteiger partial charge in [0.1, 0.15) is 6.42 Å². The highest BCUT2D eigenvalue weighted by atomic mass is 16.5. The minimum atomic E-state index is -0.582. The molecule has 5 nitrogen and oxygen atoms in total. The zero-order valence-electron chi connectivity index (χ0n) is 9.24. The molecule has 0 N–H and O–H groups in total. The number of ketones is 1. The number of hydrogen-bond donors (Lipinski definition) is 0. The third-order valence-corrected chi connectivity index (χ3v) is 1.69. The molecule has 0 aliphatic carbocycles. The van der Waals surface area contributed by atoms with Gasteiger partial charge >= 0.3 is 11.9 Å². The van der Waals surface area contributed by atoms with E-state index < -0.39 is 17.7 Å². The molecule has 5 heteroatoms. The molecule has 0 aliphatic rings. The Balaban J connectivity index is 3.76. The van der Waals surface area contributed by atoms with Crippen LogP contribution in [0.5, 0.6) is 0 Å². The van der Waals surface area contributed by atoms with Crippen LogP contribution in [0.1, 0.15) is 33.6 Å². The average molecular weight is 216 g/mol. The largest absolute Gasteiger partial charge is 0.462 e. The van der Waals surface area contributed by atoms with Crippen LogP contribution in [0, 0.1) is 0 Å². The minimum Gasteiger partial charge on any atom is -0.462 e. The number of ether oxygens (including phenoxy) is 2. The molecule has 0 rings (SSSR count). The van der Waals surface area contributed by atoms with Crippen molar-refractivity contribution in [3.05, 3.63) is 0 Å². The van der Waals surface area contributed by atoms with Gasteiger partial charge in [-0.25, -0.2) is 0 Å². The molecule has 86 valence electrons. The third kappa shape index (κ3) is 7.66. The highest BCUT2D eigenvalue weighted by molar-refractivity contribution is 5.96. The van der Waals surface area contributed by atoms with Crippen molar-refractivity contribution in [2.75, 3.05) is 6.61 Å². The Labute approximate surface area is 88.7 Å². The van der Waals surface area contributed by atoms with Crippen LogP contribution in [0.25, 0.3) is 0 Å². The topological polar surface area (TPSA) is 69.7 Å². The Hall–Kier alpha value is -1.39. The fraction of sp³-hybridized carbons (Fsp3) is 0.700. The quantitative estimate of drug-likeness (QED) is 0.486. The lowest BCUT2D eigenvalue weighted by atomic mass is 10.3. The number of carbonyl (C=O) groups excluding carboxylic acids is 3. The number of Topliss-reactive ketones (excluding diaryl/α,β-unsaturated/α-hetero) is 1. The van der Waals surface area contributed by atoms with Gasteiger partial charge in [0.05, 0.1) is 6.10 Å². The predicted molar refractivity (Wildman–Crippen MR) is 52.1 cm³/mol. The first-order valence-corrected chi connectivity index (χ1v) is 4.80. The summed E-state index contributed by atoms with van der Waals surface area (Å²) in [6.45, 7) is 4.45. The summed E-state index contributed by atoms with van der Waals surface area (Å²) in [5.41, 5.74) is 0. The maximum atomic E-state index is 11.1. The van der Waals surface area contributed by atoms with Gasteiger partial charge in [0.25, 0.3) is 0 Å². The van der Waals surface area contributed by atoms with E-state index >= 15 is 0 Å². The molecule has 0 aliphatic heterocycles. The molecule has 1 atom stereocenters. The molecule has 0 bridgehead atoms. The van der Waals surface area contributed by atoms with Gasteiger partial charge in [-0.3, -0.25) is 14.4 Å². The lowest BCUT2D eigenvalue weighted by Crippen LogP contribution is -2.20. The fourth-order valence-corrected chi connectivity index (χ4v) is 0.744. The standard InChI is InChI=1S/C10H16O5/c1-4-7(2)15-10(13)5-9(12)6-14-8(3)11/h7H,4-6H2,1-3H3. The van der Waals surface area contributed by atoms with Crippen LogP contribution in [0.15, 0.2) is 0 Å². The van der Waals surface area contributed by atoms with Gasteiger partial charge in [-0.05, 0) is 13.3 Å². The van der Waals surface area contributed by atoms with Crippen molar-refractivity contribution in [1.29, 1.82) is 0 Å². The second-order valence-electron chi connectivity index (χ2n) is 3.20. The molecule has 0 aromatic rings. The normalized spacial score (nSPS) is 11.7. The van der Waals surface area contributed by atoms with Crippen LogP contribution in [0.2, 0.25) is 0 Å². The van der Waals surface area contributed by atoms with E-state index in [1.54, 1.807) is 6.92 Å². The van der Waals surface area contributed by atoms with E-state index in [9.17, 15) is 14.4 Å². The van der Waals surface area contributed by atoms with Gasteiger partial charge in [0, 0.05) is 6.92 Å². The summed E-state index contributed by atoms with van der Waals surface area (Å²) >= 11 is 0. The summed E-state index contributed by atoms with van der Waals surface area (Å²) in [7, 11) is 0. The van der Waals surface area contributed by atoms with Gasteiger partial charge in [-0.1, -0.05) is 6.92 Å². The van der Waals surface area contributed by atoms with Gasteiger partial charge in [0.2, 0.25) is 0 Å². The minimum absolute atomic E-state index is 0.195. The Morgan fingerprint density at radius 2 is 1.87 bits per heavy atom. The fourth-order valence-electron chi connectivity index (χ4n) is 0.744. The van der Waals surface area contributed by atoms with E-state index in [2.05, 4.69) is 4.74 Å². The molecule has 0 fully saturated rings. The van der Waals surface area contributed by atoms with Crippen molar-refractivity contribution in [1.82, 2.24) is 0 Å². The zero-order valence-corrected chi connectivity index (χ0v) is 9.24. The van der Waals surface area contributed by atoms with Crippen molar-refractivity contribution in [2.45, 2.75) is 39.7 Å². The van der Waals surface area contributed by atoms with Crippen LogP contribution >= 0.6 is 0 Å². The van der Waals surface area contributed by atoms with Crippen molar-refractivity contribution in [3.8, 4) is 0 Å². The van der Waals surface area contributed by atoms with Crippen molar-refractivity contribution >= 4 is 17.7 Å². The summed E-state index contributed by atoms with van der Waals surface area (Å²) in [4.78, 5) is 32.5. The smallest absolute Gasteiger partial charge is 0.313 e. The number of esters is 2. The predicted octanol–water partition coefficient (Wildman–Crippen LogP) is 0.850. The van der Waals surface area contributed by atoms with E-state index in [0.29, 0.717) is 6.42 Å². The van der Waals surface area contributed by atoms with E-state index in [1.807, 2.05) is 6.92 Å². The number of carbonyl (C=O) groups is 3. The molecule has 0 radical (unpaired) electrons. The van der Waals surface area contributed by atoms with Crippen LogP contribution < -0.4 is 0 Å². The second kappa shape index (κ2) is 6.98. The first kappa shape index (κ1) is 13.6. The maximum absolute atomic E-state index is 11.1. The van der Waals surface area contributed by atoms with Gasteiger partial charge < -0.3 is 9.47 Å². The summed E-state index contributed by atoms with van der Waals surface area (Å²) < 4.78 is 9.32. The highest BCUT2D eigenvalue weighted by Gasteiger charge is 2.13. The second-order valence-corrected chi connectivity index (χ2v) is 3.20. The van der Waals surface area contributed by atoms with Crippen molar-refractivity contribution < 1.29 is 23.9 Å². The van der Waals surface area contributed by atoms with Crippen LogP contribution in [-0.4, -0.2) is 30.4 Å². The van der Waals surface area contributed by atoms with Crippen LogP contribution in [0.3, 0.4) is 0 Å². The molecule has 0 spiro atoms. The van der Waals surface area contributed by atoms with E-state index in [-0.39, 0.29) is 19.1 Å². The Morgan fingerprint density at radius 1 is 1.27 bits per heavy atom. The highest BCUT2D eigenvalue weighted by Crippen LogP contribution is 1.99. The summed E-state index contributed by atoms with van der Waals surface area (Å²) in [5.74, 6) is -1.58. The number of hydrogen-bond acceptors (Lipinski definition) is 5. The Bertz CT molecular complexity index is 246. The third-order valence-electron chi connectivity index (χ3n) is 1.69. The van der Waals surface area contributed by atoms with Gasteiger partial charge in [-0.2, -0.15) is 0 Å².